The highest BCUT2D eigenvalue weighted by Gasteiger charge is 2.39. The third-order valence-corrected chi connectivity index (χ3v) is 6.57. The zero-order valence-electron chi connectivity index (χ0n) is 18.1. The highest BCUT2D eigenvalue weighted by Crippen LogP contribution is 2.50. The van der Waals surface area contributed by atoms with E-state index < -0.39 is 0 Å². The van der Waals surface area contributed by atoms with E-state index in [0.717, 1.165) is 53.4 Å². The Morgan fingerprint density at radius 2 is 1.80 bits per heavy atom. The number of phenols is 1. The number of hydrogen-bond donors (Lipinski definition) is 1. The maximum atomic E-state index is 10.2. The predicted octanol–water partition coefficient (Wildman–Crippen LogP) is 5.12. The lowest BCUT2D eigenvalue weighted by atomic mass is 9.69. The third kappa shape index (κ3) is 3.57. The number of rotatable bonds is 5. The van der Waals surface area contributed by atoms with Gasteiger partial charge in [0.25, 0.3) is 0 Å². The first-order valence-corrected chi connectivity index (χ1v) is 10.5. The third-order valence-electron chi connectivity index (χ3n) is 6.57. The fraction of sp³-hybridized carbons (Fsp3) is 0.440. The maximum Gasteiger partial charge on any atom is 0.156 e. The molecule has 3 atom stereocenters. The van der Waals surface area contributed by atoms with Crippen LogP contribution in [-0.4, -0.2) is 33.0 Å². The van der Waals surface area contributed by atoms with Crippen molar-refractivity contribution >= 4 is 0 Å². The SMILES string of the molecule is COC1=CC=C(C2c3ccc(O)c(C)c3OCC2C2C=C(OC)C(OC)=CC2)CC1. The van der Waals surface area contributed by atoms with Crippen LogP contribution in [0.1, 0.15) is 36.3 Å². The van der Waals surface area contributed by atoms with Gasteiger partial charge in [-0.05, 0) is 50.0 Å². The van der Waals surface area contributed by atoms with E-state index in [1.54, 1.807) is 27.4 Å². The van der Waals surface area contributed by atoms with Crippen molar-refractivity contribution in [3.05, 3.63) is 70.4 Å². The van der Waals surface area contributed by atoms with Crippen molar-refractivity contribution in [3.8, 4) is 11.5 Å². The fourth-order valence-corrected chi connectivity index (χ4v) is 4.89. The van der Waals surface area contributed by atoms with Crippen LogP contribution in [0.2, 0.25) is 0 Å². The normalized spacial score (nSPS) is 25.7. The first kappa shape index (κ1) is 20.5. The second-order valence-electron chi connectivity index (χ2n) is 8.07. The van der Waals surface area contributed by atoms with Gasteiger partial charge in [0.15, 0.2) is 11.5 Å². The number of aromatic hydroxyl groups is 1. The van der Waals surface area contributed by atoms with Crippen molar-refractivity contribution in [3.63, 3.8) is 0 Å². The van der Waals surface area contributed by atoms with Gasteiger partial charge in [-0.3, -0.25) is 0 Å². The monoisotopic (exact) mass is 410 g/mol. The van der Waals surface area contributed by atoms with E-state index in [9.17, 15) is 5.11 Å². The summed E-state index contributed by atoms with van der Waals surface area (Å²) >= 11 is 0. The number of hydrogen-bond acceptors (Lipinski definition) is 5. The van der Waals surface area contributed by atoms with Gasteiger partial charge in [-0.25, -0.2) is 0 Å². The summed E-state index contributed by atoms with van der Waals surface area (Å²) in [5.74, 6) is 4.39. The second kappa shape index (κ2) is 8.50. The minimum Gasteiger partial charge on any atom is -0.508 e. The molecule has 3 unspecified atom stereocenters. The lowest BCUT2D eigenvalue weighted by molar-refractivity contribution is 0.155. The quantitative estimate of drug-likeness (QED) is 0.730. The Kier molecular flexibility index (Phi) is 5.80. The molecule has 0 saturated carbocycles. The first-order chi connectivity index (χ1) is 14.6. The Hall–Kier alpha value is -2.82. The molecule has 1 aromatic carbocycles. The van der Waals surface area contributed by atoms with Crippen molar-refractivity contribution in [2.24, 2.45) is 11.8 Å². The summed E-state index contributed by atoms with van der Waals surface area (Å²) in [5.41, 5.74) is 3.33. The molecule has 2 aliphatic carbocycles. The number of ether oxygens (including phenoxy) is 4. The molecule has 1 heterocycles. The van der Waals surface area contributed by atoms with Crippen molar-refractivity contribution in [1.82, 2.24) is 0 Å². The van der Waals surface area contributed by atoms with Crippen LogP contribution in [0.3, 0.4) is 0 Å². The molecule has 0 spiro atoms. The van der Waals surface area contributed by atoms with Crippen molar-refractivity contribution < 1.29 is 24.1 Å². The van der Waals surface area contributed by atoms with Gasteiger partial charge >= 0.3 is 0 Å². The number of benzene rings is 1. The van der Waals surface area contributed by atoms with Gasteiger partial charge in [0.2, 0.25) is 0 Å². The molecule has 0 bridgehead atoms. The molecular formula is C25H30O5. The van der Waals surface area contributed by atoms with Crippen LogP contribution in [0.5, 0.6) is 11.5 Å². The van der Waals surface area contributed by atoms with Crippen molar-refractivity contribution in [2.45, 2.75) is 32.1 Å². The summed E-state index contributed by atoms with van der Waals surface area (Å²) in [7, 11) is 5.07. The number of allylic oxidation sites excluding steroid dienone is 6. The minimum atomic E-state index is 0.208. The minimum absolute atomic E-state index is 0.208. The summed E-state index contributed by atoms with van der Waals surface area (Å²) in [6.45, 7) is 2.51. The molecule has 1 aromatic rings. The smallest absolute Gasteiger partial charge is 0.156 e. The van der Waals surface area contributed by atoms with E-state index in [2.05, 4.69) is 24.3 Å². The van der Waals surface area contributed by atoms with Gasteiger partial charge in [-0.15, -0.1) is 0 Å². The molecule has 1 N–H and O–H groups in total. The van der Waals surface area contributed by atoms with Gasteiger partial charge in [0, 0.05) is 29.4 Å². The Balaban J connectivity index is 1.76. The number of phenolic OH excluding ortho intramolecular Hbond substituents is 1. The topological polar surface area (TPSA) is 57.2 Å². The summed E-state index contributed by atoms with van der Waals surface area (Å²) < 4.78 is 22.7. The van der Waals surface area contributed by atoms with Gasteiger partial charge in [0.05, 0.1) is 33.7 Å². The molecular weight excluding hydrogens is 380 g/mol. The van der Waals surface area contributed by atoms with Crippen LogP contribution in [-0.2, 0) is 14.2 Å². The van der Waals surface area contributed by atoms with Crippen LogP contribution in [0.15, 0.2) is 59.3 Å². The molecule has 0 aromatic heterocycles. The summed E-state index contributed by atoms with van der Waals surface area (Å²) in [4.78, 5) is 0. The summed E-state index contributed by atoms with van der Waals surface area (Å²) in [5, 5.41) is 10.2. The standard InChI is InChI=1S/C25H30O5/c1-15-21(26)11-10-19-24(16-5-8-18(27-2)9-6-16)20(14-30-25(15)19)17-7-12-22(28-3)23(13-17)29-4/h5,8,10-13,17,20,24,26H,6-7,9,14H2,1-4H3. The van der Waals surface area contributed by atoms with Crippen LogP contribution in [0.25, 0.3) is 0 Å². The van der Waals surface area contributed by atoms with E-state index in [-0.39, 0.29) is 23.5 Å². The van der Waals surface area contributed by atoms with Crippen LogP contribution in [0, 0.1) is 18.8 Å². The predicted molar refractivity (Wildman–Crippen MR) is 115 cm³/mol. The zero-order valence-corrected chi connectivity index (χ0v) is 18.1. The average molecular weight is 411 g/mol. The van der Waals surface area contributed by atoms with Gasteiger partial charge in [-0.1, -0.05) is 17.7 Å². The molecule has 1 aliphatic heterocycles. The lowest BCUT2D eigenvalue weighted by Gasteiger charge is -2.40. The van der Waals surface area contributed by atoms with Gasteiger partial charge < -0.3 is 24.1 Å². The first-order valence-electron chi connectivity index (χ1n) is 10.5. The van der Waals surface area contributed by atoms with E-state index in [1.807, 2.05) is 13.0 Å². The molecule has 0 saturated heterocycles. The molecule has 0 radical (unpaired) electrons. The highest BCUT2D eigenvalue weighted by molar-refractivity contribution is 5.54. The molecule has 0 fully saturated rings. The Bertz CT molecular complexity index is 937. The van der Waals surface area contributed by atoms with Crippen molar-refractivity contribution in [1.29, 1.82) is 0 Å². The summed E-state index contributed by atoms with van der Waals surface area (Å²) in [6.07, 6.45) is 11.3. The summed E-state index contributed by atoms with van der Waals surface area (Å²) in [6, 6.07) is 3.80. The number of methoxy groups -OCH3 is 3. The largest absolute Gasteiger partial charge is 0.508 e. The molecule has 4 rings (SSSR count). The van der Waals surface area contributed by atoms with E-state index >= 15 is 0 Å². The van der Waals surface area contributed by atoms with Crippen LogP contribution < -0.4 is 4.74 Å². The van der Waals surface area contributed by atoms with Crippen LogP contribution in [0.4, 0.5) is 0 Å². The molecule has 0 amide bonds. The zero-order chi connectivity index (χ0) is 21.3. The van der Waals surface area contributed by atoms with Crippen LogP contribution >= 0.6 is 0 Å². The Morgan fingerprint density at radius 1 is 1.00 bits per heavy atom. The van der Waals surface area contributed by atoms with E-state index in [0.29, 0.717) is 6.61 Å². The van der Waals surface area contributed by atoms with Gasteiger partial charge in [-0.2, -0.15) is 0 Å². The average Bonchev–Trinajstić information content (AvgIpc) is 2.80. The number of fused-ring (bicyclic) bond motifs is 1. The molecule has 3 aliphatic rings. The highest BCUT2D eigenvalue weighted by atomic mass is 16.5. The van der Waals surface area contributed by atoms with Gasteiger partial charge in [0.1, 0.15) is 11.5 Å². The molecule has 5 heteroatoms. The second-order valence-corrected chi connectivity index (χ2v) is 8.07. The lowest BCUT2D eigenvalue weighted by Crippen LogP contribution is -2.34. The van der Waals surface area contributed by atoms with E-state index in [1.165, 1.54) is 5.57 Å². The molecule has 30 heavy (non-hydrogen) atoms. The fourth-order valence-electron chi connectivity index (χ4n) is 4.89. The Morgan fingerprint density at radius 3 is 2.47 bits per heavy atom. The maximum absolute atomic E-state index is 10.2. The molecule has 5 nitrogen and oxygen atoms in total. The van der Waals surface area contributed by atoms with E-state index in [4.69, 9.17) is 18.9 Å². The Labute approximate surface area is 178 Å². The molecule has 160 valence electrons. The van der Waals surface area contributed by atoms with Crippen molar-refractivity contribution in [2.75, 3.05) is 27.9 Å².